The highest BCUT2D eigenvalue weighted by Gasteiger charge is 2.24. The van der Waals surface area contributed by atoms with E-state index in [2.05, 4.69) is 37.2 Å². The minimum atomic E-state index is -0.260. The van der Waals surface area contributed by atoms with Gasteiger partial charge in [0.25, 0.3) is 0 Å². The van der Waals surface area contributed by atoms with Crippen LogP contribution in [0.3, 0.4) is 0 Å². The number of hydrogen-bond acceptors (Lipinski definition) is 6. The zero-order chi connectivity index (χ0) is 23.4. The van der Waals surface area contributed by atoms with Crippen molar-refractivity contribution in [3.05, 3.63) is 52.8 Å². The molecule has 2 heterocycles. The van der Waals surface area contributed by atoms with Gasteiger partial charge in [-0.15, -0.1) is 0 Å². The lowest BCUT2D eigenvalue weighted by Crippen LogP contribution is -2.47. The molecule has 0 bridgehead atoms. The smallest absolute Gasteiger partial charge is 0.184 e. The van der Waals surface area contributed by atoms with Crippen molar-refractivity contribution in [2.24, 2.45) is 10.8 Å². The second-order valence-corrected chi connectivity index (χ2v) is 9.21. The monoisotopic (exact) mass is 489 g/mol. The van der Waals surface area contributed by atoms with Gasteiger partial charge in [-0.1, -0.05) is 11.6 Å². The summed E-state index contributed by atoms with van der Waals surface area (Å²) in [6, 6.07) is 11.4. The average molecular weight is 490 g/mol. The van der Waals surface area contributed by atoms with E-state index in [9.17, 15) is 0 Å². The number of benzene rings is 2. The fourth-order valence-corrected chi connectivity index (χ4v) is 4.43. The van der Waals surface area contributed by atoms with Gasteiger partial charge in [0, 0.05) is 74.3 Å². The molecule has 2 aliphatic heterocycles. The van der Waals surface area contributed by atoms with E-state index >= 15 is 4.39 Å². The second-order valence-electron chi connectivity index (χ2n) is 8.34. The molecular weight excluding hydrogens is 461 g/mol. The summed E-state index contributed by atoms with van der Waals surface area (Å²) in [5.41, 5.74) is 11.4. The van der Waals surface area contributed by atoms with E-state index in [0.29, 0.717) is 11.3 Å². The van der Waals surface area contributed by atoms with E-state index in [1.807, 2.05) is 30.3 Å². The highest BCUT2D eigenvalue weighted by Crippen LogP contribution is 2.31. The second kappa shape index (κ2) is 10.5. The summed E-state index contributed by atoms with van der Waals surface area (Å²) >= 11 is 10.8. The van der Waals surface area contributed by atoms with Crippen LogP contribution < -0.4 is 25.9 Å². The number of halogens is 2. The van der Waals surface area contributed by atoms with Crippen LogP contribution in [0.15, 0.2) is 41.5 Å². The number of thiocarbonyl (C=S) groups is 1. The van der Waals surface area contributed by atoms with E-state index < -0.39 is 0 Å². The standard InChI is InChI=1S/C23H29ClFN7S/c1-29-6-8-31(9-7-29)21-15-22(20(25)14-17(21)16-27-28-23(26)33)32-12-10-30(11-13-32)19-4-2-18(24)3-5-19/h2-5,14-16H,6-13H2,1H3,(H3,26,28,33). The molecule has 0 amide bonds. The van der Waals surface area contributed by atoms with Crippen LogP contribution in [0.4, 0.5) is 21.5 Å². The van der Waals surface area contributed by atoms with Gasteiger partial charge in [0.05, 0.1) is 11.9 Å². The first-order valence-electron chi connectivity index (χ1n) is 11.0. The Morgan fingerprint density at radius 1 is 0.970 bits per heavy atom. The van der Waals surface area contributed by atoms with E-state index in [1.54, 1.807) is 12.3 Å². The number of anilines is 3. The molecule has 2 fully saturated rings. The maximum absolute atomic E-state index is 15.3. The molecule has 176 valence electrons. The molecule has 0 saturated carbocycles. The minimum absolute atomic E-state index is 0.0723. The summed E-state index contributed by atoms with van der Waals surface area (Å²) in [4.78, 5) is 9.00. The highest BCUT2D eigenvalue weighted by atomic mass is 35.5. The van der Waals surface area contributed by atoms with Gasteiger partial charge in [-0.3, -0.25) is 5.43 Å². The van der Waals surface area contributed by atoms with E-state index in [-0.39, 0.29) is 10.9 Å². The first-order chi connectivity index (χ1) is 15.9. The molecule has 0 atom stereocenters. The van der Waals surface area contributed by atoms with Crippen LogP contribution in [-0.4, -0.2) is 75.6 Å². The van der Waals surface area contributed by atoms with Gasteiger partial charge in [0.1, 0.15) is 5.82 Å². The largest absolute Gasteiger partial charge is 0.375 e. The van der Waals surface area contributed by atoms with E-state index in [4.69, 9.17) is 29.6 Å². The van der Waals surface area contributed by atoms with Gasteiger partial charge in [-0.25, -0.2) is 4.39 Å². The lowest BCUT2D eigenvalue weighted by atomic mass is 10.1. The molecule has 7 nitrogen and oxygen atoms in total. The molecule has 0 aliphatic carbocycles. The molecule has 0 aromatic heterocycles. The average Bonchev–Trinajstić information content (AvgIpc) is 2.80. The number of nitrogens with zero attached hydrogens (tertiary/aromatic N) is 5. The van der Waals surface area contributed by atoms with E-state index in [0.717, 1.165) is 68.8 Å². The van der Waals surface area contributed by atoms with Gasteiger partial charge < -0.3 is 25.3 Å². The minimum Gasteiger partial charge on any atom is -0.375 e. The third-order valence-electron chi connectivity index (χ3n) is 6.13. The number of nitrogens with one attached hydrogen (secondary N) is 1. The molecule has 0 spiro atoms. The molecule has 2 aromatic rings. The lowest BCUT2D eigenvalue weighted by molar-refractivity contribution is 0.313. The fourth-order valence-electron chi connectivity index (χ4n) is 4.26. The predicted molar refractivity (Wildman–Crippen MR) is 140 cm³/mol. The Morgan fingerprint density at radius 3 is 2.18 bits per heavy atom. The lowest BCUT2D eigenvalue weighted by Gasteiger charge is -2.39. The Labute approximate surface area is 204 Å². The number of hydrogen-bond donors (Lipinski definition) is 2. The molecule has 3 N–H and O–H groups in total. The molecule has 2 aliphatic rings. The SMILES string of the molecule is CN1CCN(c2cc(N3CCN(c4ccc(Cl)cc4)CC3)c(F)cc2C=NNC(N)=S)CC1. The van der Waals surface area contributed by atoms with Gasteiger partial charge >= 0.3 is 0 Å². The van der Waals surface area contributed by atoms with Crippen LogP contribution in [0.5, 0.6) is 0 Å². The van der Waals surface area contributed by atoms with Crippen LogP contribution in [0, 0.1) is 5.82 Å². The molecule has 2 saturated heterocycles. The fraction of sp³-hybridized carbons (Fsp3) is 0.391. The van der Waals surface area contributed by atoms with Crippen molar-refractivity contribution in [2.75, 3.05) is 74.1 Å². The first-order valence-corrected chi connectivity index (χ1v) is 11.8. The van der Waals surface area contributed by atoms with Crippen LogP contribution in [0.1, 0.15) is 5.56 Å². The van der Waals surface area contributed by atoms with Gasteiger partial charge in [0.15, 0.2) is 5.11 Å². The molecule has 0 unspecified atom stereocenters. The number of hydrazone groups is 1. The van der Waals surface area contributed by atoms with Crippen molar-refractivity contribution < 1.29 is 4.39 Å². The number of rotatable bonds is 5. The molecular formula is C23H29ClFN7S. The molecule has 0 radical (unpaired) electrons. The van der Waals surface area contributed by atoms with Crippen LogP contribution in [0.25, 0.3) is 0 Å². The summed E-state index contributed by atoms with van der Waals surface area (Å²) < 4.78 is 15.3. The van der Waals surface area contributed by atoms with Crippen LogP contribution >= 0.6 is 23.8 Å². The Balaban J connectivity index is 1.55. The molecule has 4 rings (SSSR count). The van der Waals surface area contributed by atoms with Crippen molar-refractivity contribution in [3.8, 4) is 0 Å². The molecule has 2 aromatic carbocycles. The summed E-state index contributed by atoms with van der Waals surface area (Å²) in [6.45, 7) is 6.74. The van der Waals surface area contributed by atoms with Crippen molar-refractivity contribution in [2.45, 2.75) is 0 Å². The topological polar surface area (TPSA) is 63.4 Å². The summed E-state index contributed by atoms with van der Waals surface area (Å²) in [7, 11) is 2.11. The summed E-state index contributed by atoms with van der Waals surface area (Å²) in [5.74, 6) is -0.260. The Bertz CT molecular complexity index is 1000. The van der Waals surface area contributed by atoms with Crippen molar-refractivity contribution >= 4 is 52.2 Å². The van der Waals surface area contributed by atoms with Gasteiger partial charge in [0.2, 0.25) is 0 Å². The summed E-state index contributed by atoms with van der Waals surface area (Å²) in [5, 5.41) is 4.87. The van der Waals surface area contributed by atoms with Crippen molar-refractivity contribution in [3.63, 3.8) is 0 Å². The first kappa shape index (κ1) is 23.5. The number of piperazine rings is 2. The normalized spacial score (nSPS) is 17.6. The van der Waals surface area contributed by atoms with Crippen molar-refractivity contribution in [1.82, 2.24) is 10.3 Å². The van der Waals surface area contributed by atoms with E-state index in [1.165, 1.54) is 0 Å². The Kier molecular flexibility index (Phi) is 7.52. The maximum Gasteiger partial charge on any atom is 0.184 e. The zero-order valence-electron chi connectivity index (χ0n) is 18.7. The van der Waals surface area contributed by atoms with Gasteiger partial charge in [-0.2, -0.15) is 5.10 Å². The van der Waals surface area contributed by atoms with Crippen LogP contribution in [-0.2, 0) is 0 Å². The number of nitrogens with two attached hydrogens (primary N) is 1. The van der Waals surface area contributed by atoms with Crippen LogP contribution in [0.2, 0.25) is 5.02 Å². The quantitative estimate of drug-likeness (QED) is 0.380. The maximum atomic E-state index is 15.3. The predicted octanol–water partition coefficient (Wildman–Crippen LogP) is 2.72. The third kappa shape index (κ3) is 5.85. The zero-order valence-corrected chi connectivity index (χ0v) is 20.2. The molecule has 33 heavy (non-hydrogen) atoms. The Hall–Kier alpha value is -2.62. The third-order valence-corrected chi connectivity index (χ3v) is 6.47. The summed E-state index contributed by atoms with van der Waals surface area (Å²) in [6.07, 6.45) is 1.58. The molecule has 10 heteroatoms. The van der Waals surface area contributed by atoms with Gasteiger partial charge in [-0.05, 0) is 55.7 Å². The number of likely N-dealkylation sites (N-methyl/N-ethyl adjacent to an activating group) is 1. The van der Waals surface area contributed by atoms with Crippen molar-refractivity contribution in [1.29, 1.82) is 0 Å². The highest BCUT2D eigenvalue weighted by molar-refractivity contribution is 7.80. The Morgan fingerprint density at radius 2 is 1.55 bits per heavy atom.